The number of hydrogen-bond acceptors (Lipinski definition) is 6. The van der Waals surface area contributed by atoms with Gasteiger partial charge in [0.15, 0.2) is 0 Å². The van der Waals surface area contributed by atoms with Gasteiger partial charge in [0.2, 0.25) is 0 Å². The second kappa shape index (κ2) is 9.02. The van der Waals surface area contributed by atoms with Gasteiger partial charge in [0.1, 0.15) is 22.4 Å². The Hall–Kier alpha value is -2.97. The van der Waals surface area contributed by atoms with E-state index in [0.29, 0.717) is 11.6 Å². The lowest BCUT2D eigenvalue weighted by Gasteiger charge is -2.26. The number of nitrogens with one attached hydrogen (secondary N) is 2. The predicted molar refractivity (Wildman–Crippen MR) is 115 cm³/mol. The number of rotatable bonds is 5. The van der Waals surface area contributed by atoms with Crippen molar-refractivity contribution in [3.63, 3.8) is 0 Å². The van der Waals surface area contributed by atoms with Crippen molar-refractivity contribution in [2.75, 3.05) is 23.7 Å². The van der Waals surface area contributed by atoms with Gasteiger partial charge in [0, 0.05) is 17.5 Å². The number of pyridine rings is 1. The number of phenolic OH excluding ortho intramolecular Hbond substituents is 1. The highest BCUT2D eigenvalue weighted by Gasteiger charge is 2.12. The van der Waals surface area contributed by atoms with Crippen molar-refractivity contribution in [1.29, 1.82) is 0 Å². The number of aromatic hydroxyl groups is 1. The lowest BCUT2D eigenvalue weighted by Crippen LogP contribution is -2.29. The molecule has 1 aromatic carbocycles. The number of anilines is 2. The third kappa shape index (κ3) is 5.30. The van der Waals surface area contributed by atoms with Crippen molar-refractivity contribution in [2.24, 2.45) is 0 Å². The van der Waals surface area contributed by atoms with Crippen LogP contribution in [0.15, 0.2) is 47.8 Å². The van der Waals surface area contributed by atoms with Crippen LogP contribution in [-0.2, 0) is 6.54 Å². The maximum atomic E-state index is 12.3. The zero-order chi connectivity index (χ0) is 20.1. The molecule has 2 aromatic heterocycles. The van der Waals surface area contributed by atoms with Crippen LogP contribution in [0.5, 0.6) is 5.75 Å². The van der Waals surface area contributed by atoms with E-state index in [1.165, 1.54) is 30.6 Å². The van der Waals surface area contributed by atoms with Gasteiger partial charge in [-0.25, -0.2) is 14.8 Å². The zero-order valence-corrected chi connectivity index (χ0v) is 16.8. The number of carbonyl (C=O) groups is 1. The molecule has 3 N–H and O–H groups in total. The van der Waals surface area contributed by atoms with E-state index in [1.807, 2.05) is 18.2 Å². The average Bonchev–Trinajstić information content (AvgIpc) is 3.17. The van der Waals surface area contributed by atoms with Crippen LogP contribution in [0.25, 0.3) is 10.6 Å². The second-order valence-corrected chi connectivity index (χ2v) is 7.88. The fourth-order valence-electron chi connectivity index (χ4n) is 3.35. The first-order chi connectivity index (χ1) is 14.2. The first-order valence-corrected chi connectivity index (χ1v) is 10.5. The number of aromatic nitrogens is 2. The maximum absolute atomic E-state index is 12.3. The molecule has 1 aliphatic rings. The van der Waals surface area contributed by atoms with E-state index in [1.54, 1.807) is 29.6 Å². The molecule has 0 unspecified atom stereocenters. The Morgan fingerprint density at radius 1 is 1.03 bits per heavy atom. The van der Waals surface area contributed by atoms with Gasteiger partial charge in [-0.05, 0) is 50.2 Å². The lowest BCUT2D eigenvalue weighted by atomic mass is 10.1. The molecule has 0 spiro atoms. The van der Waals surface area contributed by atoms with Gasteiger partial charge in [0.25, 0.3) is 0 Å². The average molecular weight is 410 g/mol. The Bertz CT molecular complexity index is 984. The normalized spacial score (nSPS) is 14.5. The molecule has 7 nitrogen and oxygen atoms in total. The quantitative estimate of drug-likeness (QED) is 0.575. The van der Waals surface area contributed by atoms with Crippen LogP contribution in [-0.4, -0.2) is 39.1 Å². The molecule has 8 heteroatoms. The molecule has 1 fully saturated rings. The molecular formula is C21H23N5O2S. The summed E-state index contributed by atoms with van der Waals surface area (Å²) in [6.07, 6.45) is 3.77. The number of thiazole rings is 1. The van der Waals surface area contributed by atoms with Gasteiger partial charge in [-0.3, -0.25) is 15.5 Å². The van der Waals surface area contributed by atoms with Crippen molar-refractivity contribution in [3.05, 3.63) is 53.5 Å². The molecule has 4 rings (SSSR count). The fourth-order valence-corrected chi connectivity index (χ4v) is 4.10. The summed E-state index contributed by atoms with van der Waals surface area (Å²) in [6.45, 7) is 3.01. The first-order valence-electron chi connectivity index (χ1n) is 9.67. The summed E-state index contributed by atoms with van der Waals surface area (Å²) in [5.74, 6) is 1.15. The van der Waals surface area contributed by atoms with Crippen LogP contribution in [0, 0.1) is 0 Å². The number of piperidine rings is 1. The Morgan fingerprint density at radius 3 is 2.66 bits per heavy atom. The van der Waals surface area contributed by atoms with Gasteiger partial charge in [0.05, 0.1) is 5.69 Å². The van der Waals surface area contributed by atoms with E-state index in [4.69, 9.17) is 0 Å². The first kappa shape index (κ1) is 19.4. The minimum Gasteiger partial charge on any atom is -0.508 e. The smallest absolute Gasteiger partial charge is 0.326 e. The molecule has 1 saturated heterocycles. The third-order valence-electron chi connectivity index (χ3n) is 4.72. The number of hydrogen-bond donors (Lipinski definition) is 3. The molecular weight excluding hydrogens is 386 g/mol. The molecule has 3 heterocycles. The monoisotopic (exact) mass is 409 g/mol. The van der Waals surface area contributed by atoms with Gasteiger partial charge < -0.3 is 5.11 Å². The molecule has 0 aliphatic carbocycles. The fraction of sp³-hybridized carbons (Fsp3) is 0.286. The predicted octanol–water partition coefficient (Wildman–Crippen LogP) is 4.54. The van der Waals surface area contributed by atoms with E-state index >= 15 is 0 Å². The van der Waals surface area contributed by atoms with Crippen LogP contribution in [0.4, 0.5) is 16.4 Å². The molecule has 150 valence electrons. The molecule has 2 amide bonds. The van der Waals surface area contributed by atoms with Crippen molar-refractivity contribution in [3.8, 4) is 16.3 Å². The van der Waals surface area contributed by atoms with Crippen LogP contribution in [0.2, 0.25) is 0 Å². The van der Waals surface area contributed by atoms with Gasteiger partial charge >= 0.3 is 6.03 Å². The van der Waals surface area contributed by atoms with E-state index in [9.17, 15) is 9.90 Å². The summed E-state index contributed by atoms with van der Waals surface area (Å²) in [5.41, 5.74) is 1.75. The molecule has 0 bridgehead atoms. The number of likely N-dealkylation sites (tertiary alicyclic amines) is 1. The number of benzene rings is 1. The van der Waals surface area contributed by atoms with Gasteiger partial charge in [-0.2, -0.15) is 0 Å². The minimum absolute atomic E-state index is 0.181. The summed E-state index contributed by atoms with van der Waals surface area (Å²) in [7, 11) is 0. The Balaban J connectivity index is 1.35. The third-order valence-corrected chi connectivity index (χ3v) is 5.61. The van der Waals surface area contributed by atoms with Crippen molar-refractivity contribution < 1.29 is 9.90 Å². The number of carbonyl (C=O) groups excluding carboxylic acids is 1. The van der Waals surface area contributed by atoms with Crippen LogP contribution >= 0.6 is 11.3 Å². The van der Waals surface area contributed by atoms with Gasteiger partial charge in [-0.1, -0.05) is 24.6 Å². The maximum Gasteiger partial charge on any atom is 0.326 e. The standard InChI is InChI=1S/C21H23N5O2S/c27-17-8-4-6-15(12-17)20-23-19(14-29-20)25-21(28)24-18-9-5-7-16(22-18)13-26-10-2-1-3-11-26/h4-9,12,14,27H,1-3,10-11,13H2,(H2,22,24,25,28). The van der Waals surface area contributed by atoms with E-state index in [-0.39, 0.29) is 11.8 Å². The summed E-state index contributed by atoms with van der Waals surface area (Å²) in [5, 5.41) is 17.6. The van der Waals surface area contributed by atoms with E-state index in [0.717, 1.165) is 35.9 Å². The SMILES string of the molecule is O=C(Nc1cccc(CN2CCCCC2)n1)Nc1csc(-c2cccc(O)c2)n1. The van der Waals surface area contributed by atoms with Crippen molar-refractivity contribution in [2.45, 2.75) is 25.8 Å². The van der Waals surface area contributed by atoms with Gasteiger partial charge in [-0.15, -0.1) is 11.3 Å². The van der Waals surface area contributed by atoms with Crippen LogP contribution in [0.1, 0.15) is 25.0 Å². The largest absolute Gasteiger partial charge is 0.508 e. The summed E-state index contributed by atoms with van der Waals surface area (Å²) in [4.78, 5) is 23.7. The summed E-state index contributed by atoms with van der Waals surface area (Å²) < 4.78 is 0. The summed E-state index contributed by atoms with van der Waals surface area (Å²) in [6, 6.07) is 12.1. The topological polar surface area (TPSA) is 90.4 Å². The Kier molecular flexibility index (Phi) is 6.02. The number of phenols is 1. The van der Waals surface area contributed by atoms with E-state index in [2.05, 4.69) is 25.5 Å². The summed E-state index contributed by atoms with van der Waals surface area (Å²) >= 11 is 1.40. The molecule has 1 aliphatic heterocycles. The number of amides is 2. The lowest BCUT2D eigenvalue weighted by molar-refractivity contribution is 0.218. The second-order valence-electron chi connectivity index (χ2n) is 7.02. The number of nitrogens with zero attached hydrogens (tertiary/aromatic N) is 3. The number of urea groups is 1. The van der Waals surface area contributed by atoms with Crippen LogP contribution < -0.4 is 10.6 Å². The Morgan fingerprint density at radius 2 is 1.83 bits per heavy atom. The Labute approximate surface area is 173 Å². The highest BCUT2D eigenvalue weighted by molar-refractivity contribution is 7.13. The minimum atomic E-state index is -0.389. The highest BCUT2D eigenvalue weighted by Crippen LogP contribution is 2.28. The molecule has 3 aromatic rings. The zero-order valence-electron chi connectivity index (χ0n) is 16.0. The molecule has 0 saturated carbocycles. The highest BCUT2D eigenvalue weighted by atomic mass is 32.1. The van der Waals surface area contributed by atoms with Crippen LogP contribution in [0.3, 0.4) is 0 Å². The molecule has 29 heavy (non-hydrogen) atoms. The van der Waals surface area contributed by atoms with Crippen molar-refractivity contribution in [1.82, 2.24) is 14.9 Å². The molecule has 0 atom stereocenters. The van der Waals surface area contributed by atoms with E-state index < -0.39 is 0 Å². The van der Waals surface area contributed by atoms with Crippen molar-refractivity contribution >= 4 is 29.0 Å². The molecule has 0 radical (unpaired) electrons.